The maximum absolute atomic E-state index is 15.0. The zero-order valence-electron chi connectivity index (χ0n) is 22.5. The zero-order valence-corrected chi connectivity index (χ0v) is 22.5. The number of piperazine rings is 1. The number of fused-ring (bicyclic) bond motifs is 1. The summed E-state index contributed by atoms with van der Waals surface area (Å²) in [4.78, 5) is 33.5. The summed E-state index contributed by atoms with van der Waals surface area (Å²) in [7, 11) is 0. The van der Waals surface area contributed by atoms with E-state index in [-0.39, 0.29) is 34.6 Å². The van der Waals surface area contributed by atoms with Crippen molar-refractivity contribution in [2.24, 2.45) is 5.29 Å². The molecule has 12 heteroatoms. The minimum absolute atomic E-state index is 0.0141. The second kappa shape index (κ2) is 11.1. The standard InChI is InChI=1S/C27H31F2N9O/c1-5-35-8-10-36(11-9-35)16-19-6-7-24(30-14-19)38(34-39)27-31-15-22(29)25(33-27)20-12-21(28)26-23(13-20)37(17(2)3)18(4)32-26/h6-7,12-15,17H,5,8-11,16H2,1-4H3. The minimum Gasteiger partial charge on any atom is -0.326 e. The van der Waals surface area contributed by atoms with Crippen LogP contribution in [0.2, 0.25) is 0 Å². The van der Waals surface area contributed by atoms with Gasteiger partial charge in [0.25, 0.3) is 5.95 Å². The Hall–Kier alpha value is -3.90. The van der Waals surface area contributed by atoms with Gasteiger partial charge in [-0.05, 0) is 51.1 Å². The summed E-state index contributed by atoms with van der Waals surface area (Å²) in [6.45, 7) is 13.7. The number of anilines is 2. The Balaban J connectivity index is 1.42. The van der Waals surface area contributed by atoms with Crippen LogP contribution >= 0.6 is 0 Å². The molecule has 0 spiro atoms. The van der Waals surface area contributed by atoms with Gasteiger partial charge in [-0.25, -0.2) is 28.7 Å². The highest BCUT2D eigenvalue weighted by Crippen LogP contribution is 2.31. The topological polar surface area (TPSA) is 95.6 Å². The largest absolute Gasteiger partial charge is 0.326 e. The highest BCUT2D eigenvalue weighted by atomic mass is 19.1. The molecule has 0 aliphatic carbocycles. The van der Waals surface area contributed by atoms with Crippen LogP contribution in [0.5, 0.6) is 0 Å². The van der Waals surface area contributed by atoms with Gasteiger partial charge in [-0.15, -0.1) is 9.92 Å². The van der Waals surface area contributed by atoms with Crippen LogP contribution in [0, 0.1) is 23.5 Å². The molecule has 0 amide bonds. The lowest BCUT2D eigenvalue weighted by Crippen LogP contribution is -2.45. The molecule has 1 aliphatic rings. The molecule has 4 heterocycles. The Morgan fingerprint density at radius 2 is 1.74 bits per heavy atom. The van der Waals surface area contributed by atoms with E-state index in [1.165, 1.54) is 6.07 Å². The van der Waals surface area contributed by atoms with E-state index < -0.39 is 11.6 Å². The maximum Gasteiger partial charge on any atom is 0.255 e. The average molecular weight is 536 g/mol. The highest BCUT2D eigenvalue weighted by Gasteiger charge is 2.22. The van der Waals surface area contributed by atoms with Crippen molar-refractivity contribution in [3.8, 4) is 11.3 Å². The van der Waals surface area contributed by atoms with E-state index >= 15 is 4.39 Å². The summed E-state index contributed by atoms with van der Waals surface area (Å²) >= 11 is 0. The number of halogens is 2. The first kappa shape index (κ1) is 26.7. The molecule has 1 saturated heterocycles. The SMILES string of the molecule is CCN1CCN(Cc2ccc(N(N=O)c3ncc(F)c(-c4cc(F)c5nc(C)n(C(C)C)c5c4)n3)nc2)CC1. The number of benzene rings is 1. The van der Waals surface area contributed by atoms with Gasteiger partial charge in [-0.2, -0.15) is 0 Å². The molecule has 3 aromatic heterocycles. The summed E-state index contributed by atoms with van der Waals surface area (Å²) in [6, 6.07) is 6.36. The molecule has 10 nitrogen and oxygen atoms in total. The lowest BCUT2D eigenvalue weighted by Gasteiger charge is -2.33. The van der Waals surface area contributed by atoms with Gasteiger partial charge < -0.3 is 9.47 Å². The number of hydrogen-bond donors (Lipinski definition) is 0. The molecular weight excluding hydrogens is 504 g/mol. The normalized spacial score (nSPS) is 14.8. The van der Waals surface area contributed by atoms with Crippen molar-refractivity contribution in [3.63, 3.8) is 0 Å². The van der Waals surface area contributed by atoms with Gasteiger partial charge in [0, 0.05) is 50.5 Å². The lowest BCUT2D eigenvalue weighted by atomic mass is 10.1. The molecule has 39 heavy (non-hydrogen) atoms. The van der Waals surface area contributed by atoms with Crippen LogP contribution in [-0.4, -0.2) is 67.0 Å². The molecule has 1 aliphatic heterocycles. The molecular formula is C27H31F2N9O. The molecule has 0 unspecified atom stereocenters. The van der Waals surface area contributed by atoms with E-state index in [9.17, 15) is 9.30 Å². The van der Waals surface area contributed by atoms with E-state index in [0.717, 1.165) is 56.0 Å². The Kier molecular flexibility index (Phi) is 7.58. The molecule has 4 aromatic rings. The van der Waals surface area contributed by atoms with Crippen LogP contribution in [0.3, 0.4) is 0 Å². The molecule has 5 rings (SSSR count). The van der Waals surface area contributed by atoms with Crippen molar-refractivity contribution in [1.82, 2.24) is 34.3 Å². The average Bonchev–Trinajstić information content (AvgIpc) is 3.28. The Morgan fingerprint density at radius 1 is 1.00 bits per heavy atom. The number of nitroso groups, excluding NO2 is 1. The minimum atomic E-state index is -0.762. The van der Waals surface area contributed by atoms with Crippen LogP contribution in [0.4, 0.5) is 20.5 Å². The summed E-state index contributed by atoms with van der Waals surface area (Å²) in [5, 5.41) is 3.93. The first-order valence-electron chi connectivity index (χ1n) is 13.0. The van der Waals surface area contributed by atoms with Crippen LogP contribution in [0.15, 0.2) is 41.9 Å². The van der Waals surface area contributed by atoms with Gasteiger partial charge in [0.15, 0.2) is 17.5 Å². The third kappa shape index (κ3) is 5.34. The number of aromatic nitrogens is 5. The van der Waals surface area contributed by atoms with Crippen molar-refractivity contribution in [2.75, 3.05) is 37.7 Å². The summed E-state index contributed by atoms with van der Waals surface area (Å²) in [6.07, 6.45) is 2.62. The number of pyridine rings is 1. The third-order valence-corrected chi connectivity index (χ3v) is 7.06. The van der Waals surface area contributed by atoms with Crippen molar-refractivity contribution >= 4 is 22.8 Å². The predicted octanol–water partition coefficient (Wildman–Crippen LogP) is 5.01. The Bertz CT molecular complexity index is 1480. The number of aryl methyl sites for hydroxylation is 1. The summed E-state index contributed by atoms with van der Waals surface area (Å²) in [5.74, 6) is -0.692. The summed E-state index contributed by atoms with van der Waals surface area (Å²) in [5.41, 5.74) is 1.76. The van der Waals surface area contributed by atoms with Crippen molar-refractivity contribution in [1.29, 1.82) is 0 Å². The first-order valence-corrected chi connectivity index (χ1v) is 13.0. The van der Waals surface area contributed by atoms with E-state index in [2.05, 4.69) is 41.9 Å². The Labute approximate surface area is 225 Å². The maximum atomic E-state index is 15.0. The van der Waals surface area contributed by atoms with Gasteiger partial charge >= 0.3 is 0 Å². The molecule has 0 N–H and O–H groups in total. The van der Waals surface area contributed by atoms with Gasteiger partial charge in [0.05, 0.1) is 17.0 Å². The van der Waals surface area contributed by atoms with Crippen LogP contribution < -0.4 is 5.01 Å². The number of imidazole rings is 1. The van der Waals surface area contributed by atoms with Gasteiger partial charge in [0.2, 0.25) is 0 Å². The Morgan fingerprint density at radius 3 is 2.38 bits per heavy atom. The molecule has 0 bridgehead atoms. The van der Waals surface area contributed by atoms with E-state index in [1.54, 1.807) is 25.3 Å². The van der Waals surface area contributed by atoms with Crippen molar-refractivity contribution < 1.29 is 8.78 Å². The van der Waals surface area contributed by atoms with E-state index in [0.29, 0.717) is 11.3 Å². The van der Waals surface area contributed by atoms with E-state index in [1.807, 2.05) is 24.5 Å². The molecule has 0 radical (unpaired) electrons. The van der Waals surface area contributed by atoms with Crippen LogP contribution in [-0.2, 0) is 6.54 Å². The van der Waals surface area contributed by atoms with E-state index in [4.69, 9.17) is 0 Å². The quantitative estimate of drug-likeness (QED) is 0.229. The molecule has 204 valence electrons. The predicted molar refractivity (Wildman–Crippen MR) is 145 cm³/mol. The fraction of sp³-hybridized carbons (Fsp3) is 0.407. The molecule has 0 atom stereocenters. The third-order valence-electron chi connectivity index (χ3n) is 7.06. The zero-order chi connectivity index (χ0) is 27.7. The number of hydrogen-bond acceptors (Lipinski definition) is 8. The first-order chi connectivity index (χ1) is 18.8. The second-order valence-corrected chi connectivity index (χ2v) is 9.94. The molecule has 1 aromatic carbocycles. The lowest BCUT2D eigenvalue weighted by molar-refractivity contribution is 0.132. The second-order valence-electron chi connectivity index (χ2n) is 9.94. The van der Waals surface area contributed by atoms with Gasteiger partial charge in [0.1, 0.15) is 17.0 Å². The number of rotatable bonds is 8. The van der Waals surface area contributed by atoms with Gasteiger partial charge in [-0.1, -0.05) is 13.0 Å². The number of nitrogens with zero attached hydrogens (tertiary/aromatic N) is 9. The fourth-order valence-corrected chi connectivity index (χ4v) is 5.06. The molecule has 1 fully saturated rings. The monoisotopic (exact) mass is 535 g/mol. The summed E-state index contributed by atoms with van der Waals surface area (Å²) < 4.78 is 31.8. The van der Waals surface area contributed by atoms with Crippen LogP contribution in [0.1, 0.15) is 38.2 Å². The fourth-order valence-electron chi connectivity index (χ4n) is 5.06. The smallest absolute Gasteiger partial charge is 0.255 e. The highest BCUT2D eigenvalue weighted by molar-refractivity contribution is 5.83. The number of likely N-dealkylation sites (N-methyl/N-ethyl adjacent to an activating group) is 1. The van der Waals surface area contributed by atoms with Crippen LogP contribution in [0.25, 0.3) is 22.3 Å². The van der Waals surface area contributed by atoms with Crippen molar-refractivity contribution in [3.05, 3.63) is 64.6 Å². The molecule has 0 saturated carbocycles. The van der Waals surface area contributed by atoms with Gasteiger partial charge in [-0.3, -0.25) is 4.90 Å². The van der Waals surface area contributed by atoms with Crippen molar-refractivity contribution in [2.45, 2.75) is 40.3 Å².